The molecule has 3 heteroatoms. The highest BCUT2D eigenvalue weighted by atomic mass is 16.4. The zero-order valence-electron chi connectivity index (χ0n) is 12.1. The zero-order valence-corrected chi connectivity index (χ0v) is 12.1. The SMILES string of the molecule is O=C(O)CC1(CNC2CCCCCC2)CCCCC1. The molecule has 2 fully saturated rings. The number of aliphatic carboxylic acids is 1. The van der Waals surface area contributed by atoms with Gasteiger partial charge in [-0.15, -0.1) is 0 Å². The molecule has 19 heavy (non-hydrogen) atoms. The maximum Gasteiger partial charge on any atom is 0.303 e. The second kappa shape index (κ2) is 7.28. The van der Waals surface area contributed by atoms with Crippen LogP contribution in [0.4, 0.5) is 0 Å². The largest absolute Gasteiger partial charge is 0.481 e. The van der Waals surface area contributed by atoms with Crippen molar-refractivity contribution in [2.75, 3.05) is 6.54 Å². The van der Waals surface area contributed by atoms with E-state index < -0.39 is 5.97 Å². The summed E-state index contributed by atoms with van der Waals surface area (Å²) in [4.78, 5) is 11.2. The van der Waals surface area contributed by atoms with Crippen LogP contribution in [-0.4, -0.2) is 23.7 Å². The van der Waals surface area contributed by atoms with E-state index in [0.717, 1.165) is 19.4 Å². The third kappa shape index (κ3) is 4.79. The number of rotatable bonds is 5. The Morgan fingerprint density at radius 2 is 1.58 bits per heavy atom. The van der Waals surface area contributed by atoms with Crippen molar-refractivity contribution >= 4 is 5.97 Å². The molecule has 0 heterocycles. The van der Waals surface area contributed by atoms with Gasteiger partial charge in [0.25, 0.3) is 0 Å². The summed E-state index contributed by atoms with van der Waals surface area (Å²) in [6.45, 7) is 0.921. The molecule has 2 saturated carbocycles. The molecule has 0 bridgehead atoms. The van der Waals surface area contributed by atoms with Gasteiger partial charge in [0, 0.05) is 12.6 Å². The lowest BCUT2D eigenvalue weighted by Crippen LogP contribution is -2.42. The van der Waals surface area contributed by atoms with Crippen molar-refractivity contribution in [2.45, 2.75) is 83.1 Å². The molecular formula is C16H29NO2. The Bertz CT molecular complexity index is 276. The zero-order chi connectivity index (χ0) is 13.6. The maximum atomic E-state index is 11.2. The lowest BCUT2D eigenvalue weighted by molar-refractivity contribution is -0.140. The van der Waals surface area contributed by atoms with Gasteiger partial charge in [0.05, 0.1) is 6.42 Å². The van der Waals surface area contributed by atoms with Gasteiger partial charge in [-0.2, -0.15) is 0 Å². The average molecular weight is 267 g/mol. The molecular weight excluding hydrogens is 238 g/mol. The lowest BCUT2D eigenvalue weighted by Gasteiger charge is -2.37. The first-order chi connectivity index (χ1) is 9.20. The summed E-state index contributed by atoms with van der Waals surface area (Å²) in [6, 6.07) is 0.634. The van der Waals surface area contributed by atoms with Crippen LogP contribution in [0.15, 0.2) is 0 Å². The van der Waals surface area contributed by atoms with E-state index in [1.807, 2.05) is 0 Å². The monoisotopic (exact) mass is 267 g/mol. The molecule has 3 nitrogen and oxygen atoms in total. The number of hydrogen-bond acceptors (Lipinski definition) is 2. The first kappa shape index (κ1) is 14.8. The van der Waals surface area contributed by atoms with Gasteiger partial charge >= 0.3 is 5.97 Å². The van der Waals surface area contributed by atoms with Gasteiger partial charge in [-0.1, -0.05) is 44.9 Å². The van der Waals surface area contributed by atoms with E-state index in [9.17, 15) is 9.90 Å². The summed E-state index contributed by atoms with van der Waals surface area (Å²) in [5.41, 5.74) is 0.0381. The van der Waals surface area contributed by atoms with Crippen molar-refractivity contribution in [1.82, 2.24) is 5.32 Å². The molecule has 110 valence electrons. The van der Waals surface area contributed by atoms with Gasteiger partial charge in [0.15, 0.2) is 0 Å². The number of carbonyl (C=O) groups is 1. The van der Waals surface area contributed by atoms with Gasteiger partial charge in [-0.05, 0) is 31.1 Å². The third-order valence-corrected chi connectivity index (χ3v) is 5.06. The van der Waals surface area contributed by atoms with E-state index >= 15 is 0 Å². The fraction of sp³-hybridized carbons (Fsp3) is 0.938. The minimum Gasteiger partial charge on any atom is -0.481 e. The van der Waals surface area contributed by atoms with Crippen molar-refractivity contribution < 1.29 is 9.90 Å². The Balaban J connectivity index is 1.86. The summed E-state index contributed by atoms with van der Waals surface area (Å²) in [7, 11) is 0. The first-order valence-corrected chi connectivity index (χ1v) is 8.15. The second-order valence-corrected chi connectivity index (χ2v) is 6.70. The Morgan fingerprint density at radius 3 is 2.16 bits per heavy atom. The maximum absolute atomic E-state index is 11.2. The van der Waals surface area contributed by atoms with Crippen LogP contribution in [0.25, 0.3) is 0 Å². The predicted molar refractivity (Wildman–Crippen MR) is 77.3 cm³/mol. The number of carboxylic acids is 1. The normalized spacial score (nSPS) is 24.8. The molecule has 2 rings (SSSR count). The van der Waals surface area contributed by atoms with Crippen LogP contribution < -0.4 is 5.32 Å². The van der Waals surface area contributed by atoms with Gasteiger partial charge in [-0.3, -0.25) is 4.79 Å². The highest BCUT2D eigenvalue weighted by Gasteiger charge is 2.34. The average Bonchev–Trinajstić information content (AvgIpc) is 2.65. The molecule has 2 aliphatic carbocycles. The van der Waals surface area contributed by atoms with Gasteiger partial charge in [0.2, 0.25) is 0 Å². The van der Waals surface area contributed by atoms with E-state index in [2.05, 4.69) is 5.32 Å². The third-order valence-electron chi connectivity index (χ3n) is 5.06. The Kier molecular flexibility index (Phi) is 5.68. The van der Waals surface area contributed by atoms with E-state index in [4.69, 9.17) is 0 Å². The Labute approximate surface area is 117 Å². The molecule has 0 aromatic heterocycles. The number of carboxylic acid groups (broad SMARTS) is 1. The van der Waals surface area contributed by atoms with E-state index in [1.165, 1.54) is 57.8 Å². The Hall–Kier alpha value is -0.570. The summed E-state index contributed by atoms with van der Waals surface area (Å²) < 4.78 is 0. The molecule has 2 aliphatic rings. The standard InChI is InChI=1S/C16H29NO2/c18-15(19)12-16(10-6-3-7-11-16)13-17-14-8-4-1-2-5-9-14/h14,17H,1-13H2,(H,18,19). The topological polar surface area (TPSA) is 49.3 Å². The van der Waals surface area contributed by atoms with Gasteiger partial charge in [0.1, 0.15) is 0 Å². The fourth-order valence-electron chi connectivity index (χ4n) is 3.88. The molecule has 0 atom stereocenters. The van der Waals surface area contributed by atoms with Gasteiger partial charge in [-0.25, -0.2) is 0 Å². The van der Waals surface area contributed by atoms with Crippen LogP contribution in [0.5, 0.6) is 0 Å². The van der Waals surface area contributed by atoms with Crippen LogP contribution in [0.3, 0.4) is 0 Å². The Morgan fingerprint density at radius 1 is 1.00 bits per heavy atom. The van der Waals surface area contributed by atoms with E-state index in [1.54, 1.807) is 0 Å². The van der Waals surface area contributed by atoms with Crippen LogP contribution in [0.1, 0.15) is 77.0 Å². The van der Waals surface area contributed by atoms with Crippen molar-refractivity contribution in [2.24, 2.45) is 5.41 Å². The minimum atomic E-state index is -0.621. The summed E-state index contributed by atoms with van der Waals surface area (Å²) in [5.74, 6) is -0.621. The summed E-state index contributed by atoms with van der Waals surface area (Å²) >= 11 is 0. The first-order valence-electron chi connectivity index (χ1n) is 8.15. The molecule has 0 aromatic carbocycles. The highest BCUT2D eigenvalue weighted by molar-refractivity contribution is 5.67. The summed E-state index contributed by atoms with van der Waals surface area (Å²) in [5, 5.41) is 12.9. The highest BCUT2D eigenvalue weighted by Crippen LogP contribution is 2.39. The second-order valence-electron chi connectivity index (χ2n) is 6.70. The van der Waals surface area contributed by atoms with E-state index in [-0.39, 0.29) is 5.41 Å². The van der Waals surface area contributed by atoms with Crippen molar-refractivity contribution in [3.05, 3.63) is 0 Å². The smallest absolute Gasteiger partial charge is 0.303 e. The van der Waals surface area contributed by atoms with Crippen LogP contribution in [-0.2, 0) is 4.79 Å². The number of hydrogen-bond donors (Lipinski definition) is 2. The van der Waals surface area contributed by atoms with Crippen LogP contribution in [0, 0.1) is 5.41 Å². The summed E-state index contributed by atoms with van der Waals surface area (Å²) in [6.07, 6.45) is 14.2. The van der Waals surface area contributed by atoms with Crippen molar-refractivity contribution in [3.8, 4) is 0 Å². The number of nitrogens with one attached hydrogen (secondary N) is 1. The fourth-order valence-corrected chi connectivity index (χ4v) is 3.88. The molecule has 0 aromatic rings. The molecule has 0 aliphatic heterocycles. The quantitative estimate of drug-likeness (QED) is 0.746. The minimum absolute atomic E-state index is 0.0381. The molecule has 0 saturated heterocycles. The van der Waals surface area contributed by atoms with Crippen molar-refractivity contribution in [1.29, 1.82) is 0 Å². The van der Waals surface area contributed by atoms with Crippen LogP contribution >= 0.6 is 0 Å². The van der Waals surface area contributed by atoms with Gasteiger partial charge < -0.3 is 10.4 Å². The molecule has 0 unspecified atom stereocenters. The molecule has 2 N–H and O–H groups in total. The molecule has 0 radical (unpaired) electrons. The lowest BCUT2D eigenvalue weighted by atomic mass is 9.71. The molecule has 0 amide bonds. The molecule has 0 spiro atoms. The van der Waals surface area contributed by atoms with Crippen LogP contribution in [0.2, 0.25) is 0 Å². The van der Waals surface area contributed by atoms with E-state index in [0.29, 0.717) is 12.5 Å². The van der Waals surface area contributed by atoms with Crippen molar-refractivity contribution in [3.63, 3.8) is 0 Å². The predicted octanol–water partition coefficient (Wildman–Crippen LogP) is 3.72.